The molecule has 0 spiro atoms. The van der Waals surface area contributed by atoms with Crippen LogP contribution in [0.1, 0.15) is 5.82 Å². The first kappa shape index (κ1) is 14.0. The molecule has 1 fully saturated rings. The Labute approximate surface area is 133 Å². The Hall–Kier alpha value is -2.67. The largest absolute Gasteiger partial charge is 0.367 e. The van der Waals surface area contributed by atoms with Gasteiger partial charge < -0.3 is 14.9 Å². The normalized spacial score (nSPS) is 16.1. The van der Waals surface area contributed by atoms with Crippen LogP contribution < -0.4 is 10.6 Å². The zero-order chi connectivity index (χ0) is 15.6. The van der Waals surface area contributed by atoms with Crippen molar-refractivity contribution in [1.82, 2.24) is 24.8 Å². The number of nitrogens with one attached hydrogen (secondary N) is 2. The molecular formula is C16H18N6O. The van der Waals surface area contributed by atoms with Gasteiger partial charge in [0.1, 0.15) is 5.82 Å². The van der Waals surface area contributed by atoms with Crippen molar-refractivity contribution in [2.24, 2.45) is 0 Å². The molecular weight excluding hydrogens is 292 g/mol. The Morgan fingerprint density at radius 1 is 1.00 bits per heavy atom. The summed E-state index contributed by atoms with van der Waals surface area (Å²) in [7, 11) is 0. The number of rotatable bonds is 3. The third kappa shape index (κ3) is 2.83. The number of aromatic amines is 2. The molecule has 7 nitrogen and oxygen atoms in total. The number of piperazine rings is 1. The Morgan fingerprint density at radius 3 is 2.57 bits per heavy atom. The first-order valence-electron chi connectivity index (χ1n) is 7.74. The molecule has 0 atom stereocenters. The van der Waals surface area contributed by atoms with Crippen LogP contribution in [0.25, 0.3) is 11.0 Å². The van der Waals surface area contributed by atoms with Crippen LogP contribution in [-0.2, 0) is 6.54 Å². The van der Waals surface area contributed by atoms with Gasteiger partial charge >= 0.3 is 5.69 Å². The summed E-state index contributed by atoms with van der Waals surface area (Å²) in [5, 5.41) is 0. The van der Waals surface area contributed by atoms with Crippen LogP contribution in [0.15, 0.2) is 41.5 Å². The van der Waals surface area contributed by atoms with Gasteiger partial charge in [-0.05, 0) is 18.2 Å². The minimum atomic E-state index is -0.160. The fourth-order valence-electron chi connectivity index (χ4n) is 3.06. The van der Waals surface area contributed by atoms with Gasteiger partial charge in [-0.15, -0.1) is 0 Å². The summed E-state index contributed by atoms with van der Waals surface area (Å²) in [6.45, 7) is 4.50. The topological polar surface area (TPSA) is 80.9 Å². The van der Waals surface area contributed by atoms with E-state index in [4.69, 9.17) is 0 Å². The van der Waals surface area contributed by atoms with E-state index in [-0.39, 0.29) is 5.69 Å². The number of imidazole rings is 1. The van der Waals surface area contributed by atoms with Gasteiger partial charge in [-0.1, -0.05) is 6.07 Å². The fraction of sp³-hybridized carbons (Fsp3) is 0.312. The van der Waals surface area contributed by atoms with E-state index >= 15 is 0 Å². The van der Waals surface area contributed by atoms with Crippen LogP contribution in [0.4, 0.5) is 5.69 Å². The molecule has 0 amide bonds. The fourth-order valence-corrected chi connectivity index (χ4v) is 3.06. The minimum Gasteiger partial charge on any atom is -0.367 e. The van der Waals surface area contributed by atoms with Gasteiger partial charge in [-0.25, -0.2) is 14.8 Å². The lowest BCUT2D eigenvalue weighted by Gasteiger charge is -2.35. The van der Waals surface area contributed by atoms with Crippen molar-refractivity contribution < 1.29 is 0 Å². The highest BCUT2D eigenvalue weighted by Crippen LogP contribution is 2.24. The van der Waals surface area contributed by atoms with E-state index in [2.05, 4.69) is 35.8 Å². The van der Waals surface area contributed by atoms with Gasteiger partial charge in [0.05, 0.1) is 23.3 Å². The van der Waals surface area contributed by atoms with E-state index in [0.29, 0.717) is 0 Å². The van der Waals surface area contributed by atoms with Crippen molar-refractivity contribution in [2.75, 3.05) is 31.1 Å². The van der Waals surface area contributed by atoms with Gasteiger partial charge in [0.2, 0.25) is 0 Å². The zero-order valence-corrected chi connectivity index (χ0v) is 12.7. The summed E-state index contributed by atoms with van der Waals surface area (Å²) < 4.78 is 0. The number of para-hydroxylation sites is 1. The summed E-state index contributed by atoms with van der Waals surface area (Å²) in [6, 6.07) is 7.78. The first-order chi connectivity index (χ1) is 11.3. The maximum absolute atomic E-state index is 11.5. The molecule has 0 radical (unpaired) electrons. The van der Waals surface area contributed by atoms with Crippen LogP contribution in [0.3, 0.4) is 0 Å². The van der Waals surface area contributed by atoms with Crippen molar-refractivity contribution >= 4 is 16.7 Å². The summed E-state index contributed by atoms with van der Waals surface area (Å²) >= 11 is 0. The number of hydrogen-bond acceptors (Lipinski definition) is 5. The average Bonchev–Trinajstić information content (AvgIpc) is 2.97. The third-order valence-electron chi connectivity index (χ3n) is 4.23. The number of fused-ring (bicyclic) bond motifs is 1. The highest BCUT2D eigenvalue weighted by molar-refractivity contribution is 5.88. The summed E-state index contributed by atoms with van der Waals surface area (Å²) in [5.41, 5.74) is 2.66. The Bertz CT molecular complexity index is 848. The Balaban J connectivity index is 1.47. The quantitative estimate of drug-likeness (QED) is 0.753. The van der Waals surface area contributed by atoms with Gasteiger partial charge in [0.15, 0.2) is 0 Å². The molecule has 2 N–H and O–H groups in total. The van der Waals surface area contributed by atoms with Gasteiger partial charge in [0.25, 0.3) is 0 Å². The van der Waals surface area contributed by atoms with Crippen molar-refractivity contribution in [3.63, 3.8) is 0 Å². The highest BCUT2D eigenvalue weighted by atomic mass is 16.1. The summed E-state index contributed by atoms with van der Waals surface area (Å²) in [6.07, 6.45) is 3.56. The molecule has 0 bridgehead atoms. The lowest BCUT2D eigenvalue weighted by Crippen LogP contribution is -2.46. The van der Waals surface area contributed by atoms with Gasteiger partial charge in [0, 0.05) is 38.6 Å². The lowest BCUT2D eigenvalue weighted by molar-refractivity contribution is 0.244. The molecule has 1 aromatic carbocycles. The molecule has 1 saturated heterocycles. The number of H-pyrrole nitrogens is 2. The molecule has 4 rings (SSSR count). The first-order valence-corrected chi connectivity index (χ1v) is 7.74. The van der Waals surface area contributed by atoms with Crippen LogP contribution in [0.2, 0.25) is 0 Å². The maximum Gasteiger partial charge on any atom is 0.323 e. The maximum atomic E-state index is 11.5. The second-order valence-electron chi connectivity index (χ2n) is 5.71. The minimum absolute atomic E-state index is 0.160. The van der Waals surface area contributed by atoms with Gasteiger partial charge in [-0.2, -0.15) is 0 Å². The molecule has 3 heterocycles. The molecule has 118 valence electrons. The Kier molecular flexibility index (Phi) is 3.55. The van der Waals surface area contributed by atoms with Crippen LogP contribution in [-0.4, -0.2) is 51.0 Å². The van der Waals surface area contributed by atoms with Crippen molar-refractivity contribution in [3.05, 3.63) is 53.0 Å². The monoisotopic (exact) mass is 310 g/mol. The standard InChI is InChI=1S/C16H18N6O/c23-16-19-12-3-1-4-13(15(12)20-16)22-9-7-21(8-10-22)11-14-17-5-2-6-18-14/h1-6H,7-11H2,(H2,19,20,23). The molecule has 0 unspecified atom stereocenters. The molecule has 1 aliphatic rings. The van der Waals surface area contributed by atoms with E-state index < -0.39 is 0 Å². The van der Waals surface area contributed by atoms with Crippen LogP contribution >= 0.6 is 0 Å². The molecule has 3 aromatic rings. The molecule has 1 aliphatic heterocycles. The number of benzene rings is 1. The van der Waals surface area contributed by atoms with Crippen LogP contribution in [0.5, 0.6) is 0 Å². The van der Waals surface area contributed by atoms with E-state index in [1.165, 1.54) is 0 Å². The molecule has 7 heteroatoms. The van der Waals surface area contributed by atoms with E-state index in [1.54, 1.807) is 12.4 Å². The second kappa shape index (κ2) is 5.85. The molecule has 0 saturated carbocycles. The number of anilines is 1. The molecule has 2 aromatic heterocycles. The molecule has 23 heavy (non-hydrogen) atoms. The summed E-state index contributed by atoms with van der Waals surface area (Å²) in [5.74, 6) is 0.859. The number of nitrogens with zero attached hydrogens (tertiary/aromatic N) is 4. The van der Waals surface area contributed by atoms with E-state index in [0.717, 1.165) is 55.3 Å². The smallest absolute Gasteiger partial charge is 0.323 e. The predicted octanol–water partition coefficient (Wildman–Crippen LogP) is 0.968. The SMILES string of the molecule is O=c1[nH]c2cccc(N3CCN(Cc4ncccn4)CC3)c2[nH]1. The zero-order valence-electron chi connectivity index (χ0n) is 12.7. The Morgan fingerprint density at radius 2 is 1.78 bits per heavy atom. The number of hydrogen-bond donors (Lipinski definition) is 2. The number of aromatic nitrogens is 4. The summed E-state index contributed by atoms with van der Waals surface area (Å²) in [4.78, 5) is 30.5. The average molecular weight is 310 g/mol. The second-order valence-corrected chi connectivity index (χ2v) is 5.71. The third-order valence-corrected chi connectivity index (χ3v) is 4.23. The van der Waals surface area contributed by atoms with Crippen LogP contribution in [0, 0.1) is 0 Å². The predicted molar refractivity (Wildman–Crippen MR) is 88.4 cm³/mol. The van der Waals surface area contributed by atoms with E-state index in [1.807, 2.05) is 18.2 Å². The highest BCUT2D eigenvalue weighted by Gasteiger charge is 2.20. The van der Waals surface area contributed by atoms with Crippen molar-refractivity contribution in [1.29, 1.82) is 0 Å². The van der Waals surface area contributed by atoms with E-state index in [9.17, 15) is 4.79 Å². The van der Waals surface area contributed by atoms with Crippen molar-refractivity contribution in [3.8, 4) is 0 Å². The molecule has 0 aliphatic carbocycles. The van der Waals surface area contributed by atoms with Gasteiger partial charge in [-0.3, -0.25) is 4.90 Å². The lowest BCUT2D eigenvalue weighted by atomic mass is 10.2. The van der Waals surface area contributed by atoms with Crippen molar-refractivity contribution in [2.45, 2.75) is 6.54 Å².